The Balaban J connectivity index is 2.31. The van der Waals surface area contributed by atoms with Gasteiger partial charge in [-0.2, -0.15) is 0 Å². The molecule has 3 heteroatoms. The Kier molecular flexibility index (Phi) is 0.569. The Labute approximate surface area is 34.5 Å². The van der Waals surface area contributed by atoms with Crippen LogP contribution in [0.1, 0.15) is 0 Å². The molecular formula is C3H3O3-. The van der Waals surface area contributed by atoms with Gasteiger partial charge in [-0.05, 0) is 0 Å². The van der Waals surface area contributed by atoms with Crippen molar-refractivity contribution in [3.05, 3.63) is 0 Å². The van der Waals surface area contributed by atoms with Gasteiger partial charge in [0.05, 0.1) is 12.6 Å². The number of hydrogen-bond donors (Lipinski definition) is 0. The second-order valence-corrected chi connectivity index (χ2v) is 1.14. The lowest BCUT2D eigenvalue weighted by Crippen LogP contribution is -2.27. The van der Waals surface area contributed by atoms with Crippen LogP contribution >= 0.6 is 0 Å². The fourth-order valence-electron chi connectivity index (χ4n) is 0.184. The average molecular weight is 87.1 g/mol. The van der Waals surface area contributed by atoms with Crippen LogP contribution in [0.25, 0.3) is 0 Å². The number of hydrogen-bond acceptors (Lipinski definition) is 3. The summed E-state index contributed by atoms with van der Waals surface area (Å²) in [7, 11) is 0. The van der Waals surface area contributed by atoms with E-state index in [2.05, 4.69) is 4.74 Å². The van der Waals surface area contributed by atoms with Crippen LogP contribution in [0.5, 0.6) is 0 Å². The molecule has 1 aliphatic rings. The highest BCUT2D eigenvalue weighted by molar-refractivity contribution is 5.72. The number of rotatable bonds is 1. The molecule has 0 aromatic rings. The predicted octanol–water partition coefficient (Wildman–Crippen LogP) is -1.86. The molecule has 6 heavy (non-hydrogen) atoms. The maximum atomic E-state index is 9.53. The lowest BCUT2D eigenvalue weighted by Gasteiger charge is -1.87. The summed E-state index contributed by atoms with van der Waals surface area (Å²) in [5.74, 6) is -1.10. The van der Waals surface area contributed by atoms with Gasteiger partial charge in [0, 0.05) is 0 Å². The molecule has 1 unspecified atom stereocenters. The van der Waals surface area contributed by atoms with Crippen molar-refractivity contribution in [2.75, 3.05) is 6.61 Å². The summed E-state index contributed by atoms with van der Waals surface area (Å²) in [5.41, 5.74) is 0. The number of carboxylic acids is 1. The summed E-state index contributed by atoms with van der Waals surface area (Å²) in [5, 5.41) is 9.53. The number of aliphatic carboxylic acids is 1. The second-order valence-electron chi connectivity index (χ2n) is 1.14. The molecule has 1 atom stereocenters. The van der Waals surface area contributed by atoms with Crippen molar-refractivity contribution in [1.82, 2.24) is 0 Å². The van der Waals surface area contributed by atoms with Crippen LogP contribution in [0.3, 0.4) is 0 Å². The van der Waals surface area contributed by atoms with Gasteiger partial charge in [0.2, 0.25) is 0 Å². The second kappa shape index (κ2) is 0.944. The lowest BCUT2D eigenvalue weighted by molar-refractivity contribution is -0.307. The van der Waals surface area contributed by atoms with Gasteiger partial charge in [-0.15, -0.1) is 0 Å². The van der Waals surface area contributed by atoms with Crippen molar-refractivity contribution in [1.29, 1.82) is 0 Å². The van der Waals surface area contributed by atoms with Gasteiger partial charge in [0.25, 0.3) is 0 Å². The van der Waals surface area contributed by atoms with E-state index in [1.165, 1.54) is 0 Å². The number of ether oxygens (including phenoxy) is 1. The zero-order chi connectivity index (χ0) is 4.57. The molecule has 34 valence electrons. The van der Waals surface area contributed by atoms with Crippen molar-refractivity contribution in [3.8, 4) is 0 Å². The topological polar surface area (TPSA) is 52.7 Å². The molecule has 1 rings (SSSR count). The zero-order valence-electron chi connectivity index (χ0n) is 3.01. The van der Waals surface area contributed by atoms with E-state index >= 15 is 0 Å². The first-order valence-electron chi connectivity index (χ1n) is 1.63. The van der Waals surface area contributed by atoms with Gasteiger partial charge in [-0.1, -0.05) is 0 Å². The smallest absolute Gasteiger partial charge is 0.120 e. The number of carboxylic acid groups (broad SMARTS) is 1. The molecule has 1 fully saturated rings. The van der Waals surface area contributed by atoms with Crippen LogP contribution < -0.4 is 5.11 Å². The quantitative estimate of drug-likeness (QED) is 0.352. The minimum atomic E-state index is -1.10. The van der Waals surface area contributed by atoms with E-state index in [9.17, 15) is 9.90 Å². The van der Waals surface area contributed by atoms with Crippen LogP contribution in [-0.2, 0) is 9.53 Å². The third kappa shape index (κ3) is 0.490. The molecule has 1 saturated heterocycles. The number of carbonyl (C=O) groups excluding carboxylic acids is 1. The van der Waals surface area contributed by atoms with Crippen molar-refractivity contribution in [2.45, 2.75) is 6.10 Å². The van der Waals surface area contributed by atoms with Gasteiger partial charge in [-0.25, -0.2) is 0 Å². The Morgan fingerprint density at radius 2 is 2.50 bits per heavy atom. The maximum absolute atomic E-state index is 9.53. The van der Waals surface area contributed by atoms with E-state index in [1.807, 2.05) is 0 Å². The molecule has 0 aromatic heterocycles. The summed E-state index contributed by atoms with van der Waals surface area (Å²) in [6, 6.07) is 0. The SMILES string of the molecule is O=C([O-])C1CO1. The first-order valence-corrected chi connectivity index (χ1v) is 1.63. The number of epoxide rings is 1. The standard InChI is InChI=1S/C3H4O3/c4-3(5)2-1-6-2/h2H,1H2,(H,4,5)/p-1. The molecule has 0 radical (unpaired) electrons. The molecule has 0 aliphatic carbocycles. The van der Waals surface area contributed by atoms with E-state index in [0.29, 0.717) is 6.61 Å². The average Bonchev–Trinajstić information content (AvgIpc) is 2.06. The van der Waals surface area contributed by atoms with Gasteiger partial charge >= 0.3 is 0 Å². The zero-order valence-corrected chi connectivity index (χ0v) is 3.01. The summed E-state index contributed by atoms with van der Waals surface area (Å²) in [4.78, 5) is 9.53. The van der Waals surface area contributed by atoms with Crippen molar-refractivity contribution < 1.29 is 14.6 Å². The molecule has 0 aromatic carbocycles. The lowest BCUT2D eigenvalue weighted by atomic mass is 10.5. The highest BCUT2D eigenvalue weighted by atomic mass is 16.6. The molecule has 0 saturated carbocycles. The van der Waals surface area contributed by atoms with E-state index in [4.69, 9.17) is 0 Å². The normalized spacial score (nSPS) is 29.7. The first kappa shape index (κ1) is 3.61. The third-order valence-corrected chi connectivity index (χ3v) is 0.596. The molecule has 0 N–H and O–H groups in total. The van der Waals surface area contributed by atoms with E-state index in [0.717, 1.165) is 0 Å². The largest absolute Gasteiger partial charge is 0.547 e. The maximum Gasteiger partial charge on any atom is 0.120 e. The molecule has 0 spiro atoms. The summed E-state index contributed by atoms with van der Waals surface area (Å²) in [6.07, 6.45) is -0.593. The molecule has 0 bridgehead atoms. The molecule has 0 amide bonds. The first-order chi connectivity index (χ1) is 2.80. The monoisotopic (exact) mass is 87.0 g/mol. The fourth-order valence-corrected chi connectivity index (χ4v) is 0.184. The van der Waals surface area contributed by atoms with Crippen LogP contribution in [0, 0.1) is 0 Å². The highest BCUT2D eigenvalue weighted by Gasteiger charge is 2.22. The van der Waals surface area contributed by atoms with E-state index in [1.54, 1.807) is 0 Å². The number of carbonyl (C=O) groups is 1. The fraction of sp³-hybridized carbons (Fsp3) is 0.667. The highest BCUT2D eigenvalue weighted by Crippen LogP contribution is 2.05. The van der Waals surface area contributed by atoms with Gasteiger partial charge in [-0.3, -0.25) is 0 Å². The van der Waals surface area contributed by atoms with Crippen LogP contribution in [-0.4, -0.2) is 18.7 Å². The Morgan fingerprint density at radius 1 is 2.00 bits per heavy atom. The van der Waals surface area contributed by atoms with Crippen LogP contribution in [0.15, 0.2) is 0 Å². The third-order valence-electron chi connectivity index (χ3n) is 0.596. The summed E-state index contributed by atoms with van der Waals surface area (Å²) >= 11 is 0. The van der Waals surface area contributed by atoms with Crippen molar-refractivity contribution in [3.63, 3.8) is 0 Å². The van der Waals surface area contributed by atoms with Crippen LogP contribution in [0.4, 0.5) is 0 Å². The minimum absolute atomic E-state index is 0.336. The van der Waals surface area contributed by atoms with E-state index in [-0.39, 0.29) is 0 Å². The Morgan fingerprint density at radius 3 is 2.50 bits per heavy atom. The van der Waals surface area contributed by atoms with Gasteiger partial charge < -0.3 is 14.6 Å². The van der Waals surface area contributed by atoms with Crippen molar-refractivity contribution in [2.24, 2.45) is 0 Å². The minimum Gasteiger partial charge on any atom is -0.547 e. The van der Waals surface area contributed by atoms with Crippen LogP contribution in [0.2, 0.25) is 0 Å². The molecule has 3 nitrogen and oxygen atoms in total. The Hall–Kier alpha value is -0.570. The molecular weight excluding hydrogens is 84.0 g/mol. The van der Waals surface area contributed by atoms with Gasteiger partial charge in [0.15, 0.2) is 0 Å². The van der Waals surface area contributed by atoms with Crippen molar-refractivity contribution >= 4 is 5.97 Å². The van der Waals surface area contributed by atoms with Gasteiger partial charge in [0.1, 0.15) is 6.10 Å². The van der Waals surface area contributed by atoms with E-state index < -0.39 is 12.1 Å². The Bertz CT molecular complexity index is 74.1. The summed E-state index contributed by atoms with van der Waals surface area (Å²) in [6.45, 7) is 0.336. The molecule has 1 aliphatic heterocycles. The molecule has 1 heterocycles. The summed E-state index contributed by atoms with van der Waals surface area (Å²) < 4.78 is 4.31. The predicted molar refractivity (Wildman–Crippen MR) is 14.7 cm³/mol.